The lowest BCUT2D eigenvalue weighted by Crippen LogP contribution is -2.46. The Balaban J connectivity index is 1.98. The van der Waals surface area contributed by atoms with Crippen LogP contribution in [0.4, 0.5) is 4.79 Å². The largest absolute Gasteiger partial charge is 0.377 e. The Labute approximate surface area is 116 Å². The topological polar surface area (TPSA) is 86.3 Å². The third-order valence-electron chi connectivity index (χ3n) is 3.28. The van der Waals surface area contributed by atoms with Gasteiger partial charge in [0, 0.05) is 6.54 Å². The fourth-order valence-electron chi connectivity index (χ4n) is 2.33. The van der Waals surface area contributed by atoms with E-state index < -0.39 is 6.03 Å². The predicted molar refractivity (Wildman–Crippen MR) is 71.2 cm³/mol. The molecule has 2 amide bonds. The van der Waals surface area contributed by atoms with Crippen molar-refractivity contribution in [3.05, 3.63) is 42.5 Å². The summed E-state index contributed by atoms with van der Waals surface area (Å²) < 4.78 is 7.15. The highest BCUT2D eigenvalue weighted by Gasteiger charge is 2.31. The molecule has 1 unspecified atom stereocenters. The van der Waals surface area contributed by atoms with Crippen LogP contribution in [0.2, 0.25) is 0 Å². The van der Waals surface area contributed by atoms with Crippen LogP contribution in [-0.2, 0) is 4.74 Å². The first-order chi connectivity index (χ1) is 9.77. The van der Waals surface area contributed by atoms with Crippen LogP contribution < -0.4 is 5.73 Å². The van der Waals surface area contributed by atoms with E-state index in [0.717, 1.165) is 5.69 Å². The Morgan fingerprint density at radius 2 is 2.15 bits per heavy atom. The van der Waals surface area contributed by atoms with Gasteiger partial charge in [0.15, 0.2) is 5.82 Å². The van der Waals surface area contributed by atoms with Crippen LogP contribution in [0, 0.1) is 0 Å². The summed E-state index contributed by atoms with van der Waals surface area (Å²) in [6, 6.07) is 8.84. The Kier molecular flexibility index (Phi) is 3.34. The molecule has 7 nitrogen and oxygen atoms in total. The van der Waals surface area contributed by atoms with Crippen LogP contribution in [0.25, 0.3) is 5.69 Å². The zero-order valence-electron chi connectivity index (χ0n) is 10.8. The van der Waals surface area contributed by atoms with Gasteiger partial charge in [-0.15, -0.1) is 0 Å². The van der Waals surface area contributed by atoms with Crippen LogP contribution >= 0.6 is 0 Å². The summed E-state index contributed by atoms with van der Waals surface area (Å²) in [4.78, 5) is 17.4. The van der Waals surface area contributed by atoms with Crippen molar-refractivity contribution in [3.63, 3.8) is 0 Å². The maximum atomic E-state index is 11.5. The zero-order chi connectivity index (χ0) is 13.9. The lowest BCUT2D eigenvalue weighted by Gasteiger charge is -2.33. The molecular weight excluding hydrogens is 258 g/mol. The lowest BCUT2D eigenvalue weighted by molar-refractivity contribution is 0.00995. The molecule has 3 rings (SSSR count). The molecule has 0 aliphatic carbocycles. The number of hydrogen-bond acceptors (Lipinski definition) is 4. The van der Waals surface area contributed by atoms with Crippen molar-refractivity contribution < 1.29 is 9.53 Å². The fraction of sp³-hybridized carbons (Fsp3) is 0.308. The minimum absolute atomic E-state index is 0.316. The van der Waals surface area contributed by atoms with E-state index in [1.54, 1.807) is 9.58 Å². The van der Waals surface area contributed by atoms with Gasteiger partial charge in [-0.3, -0.25) is 0 Å². The molecule has 0 spiro atoms. The van der Waals surface area contributed by atoms with E-state index in [1.165, 1.54) is 6.33 Å². The van der Waals surface area contributed by atoms with E-state index in [9.17, 15) is 4.79 Å². The number of carbonyl (C=O) groups is 1. The van der Waals surface area contributed by atoms with Gasteiger partial charge >= 0.3 is 6.03 Å². The smallest absolute Gasteiger partial charge is 0.315 e. The highest BCUT2D eigenvalue weighted by molar-refractivity contribution is 5.72. The number of nitrogens with two attached hydrogens (primary N) is 1. The second kappa shape index (κ2) is 5.30. The minimum atomic E-state index is -0.471. The number of aromatic nitrogens is 3. The van der Waals surface area contributed by atoms with Gasteiger partial charge < -0.3 is 15.4 Å². The summed E-state index contributed by atoms with van der Waals surface area (Å²) in [6.07, 6.45) is 1.47. The van der Waals surface area contributed by atoms with Crippen molar-refractivity contribution in [2.45, 2.75) is 6.04 Å². The average molecular weight is 273 g/mol. The second-order valence-electron chi connectivity index (χ2n) is 4.49. The summed E-state index contributed by atoms with van der Waals surface area (Å²) in [5.74, 6) is 0.648. The summed E-state index contributed by atoms with van der Waals surface area (Å²) in [5.41, 5.74) is 6.31. The number of ether oxygens (including phenoxy) is 1. The van der Waals surface area contributed by atoms with Crippen molar-refractivity contribution in [3.8, 4) is 5.69 Å². The molecule has 2 N–H and O–H groups in total. The van der Waals surface area contributed by atoms with Gasteiger partial charge in [0.1, 0.15) is 12.4 Å². The number of rotatable bonds is 2. The highest BCUT2D eigenvalue weighted by atomic mass is 16.5. The fourth-order valence-corrected chi connectivity index (χ4v) is 2.33. The number of benzene rings is 1. The molecule has 1 atom stereocenters. The number of hydrogen-bond donors (Lipinski definition) is 1. The first kappa shape index (κ1) is 12.6. The molecule has 0 saturated carbocycles. The maximum absolute atomic E-state index is 11.5. The molecule has 7 heteroatoms. The molecule has 2 heterocycles. The lowest BCUT2D eigenvalue weighted by atomic mass is 10.2. The van der Waals surface area contributed by atoms with Crippen molar-refractivity contribution in [1.82, 2.24) is 19.7 Å². The van der Waals surface area contributed by atoms with Gasteiger partial charge in [-0.2, -0.15) is 5.10 Å². The Morgan fingerprint density at radius 1 is 1.35 bits per heavy atom. The van der Waals surface area contributed by atoms with E-state index in [0.29, 0.717) is 25.6 Å². The molecule has 104 valence electrons. The maximum Gasteiger partial charge on any atom is 0.315 e. The first-order valence-corrected chi connectivity index (χ1v) is 6.36. The van der Waals surface area contributed by atoms with Crippen molar-refractivity contribution in [2.75, 3.05) is 19.8 Å². The number of nitrogens with zero attached hydrogens (tertiary/aromatic N) is 4. The van der Waals surface area contributed by atoms with Gasteiger partial charge in [0.25, 0.3) is 0 Å². The molecular formula is C13H15N5O2. The van der Waals surface area contributed by atoms with E-state index >= 15 is 0 Å². The number of para-hydroxylation sites is 1. The molecule has 0 radical (unpaired) electrons. The SMILES string of the molecule is NC(=O)N1CCOCC1c1ncnn1-c1ccccc1. The minimum Gasteiger partial charge on any atom is -0.377 e. The summed E-state index contributed by atoms with van der Waals surface area (Å²) in [5, 5.41) is 4.23. The number of urea groups is 1. The summed E-state index contributed by atoms with van der Waals surface area (Å²) in [7, 11) is 0. The number of amides is 2. The third kappa shape index (κ3) is 2.23. The summed E-state index contributed by atoms with van der Waals surface area (Å²) >= 11 is 0. The summed E-state index contributed by atoms with van der Waals surface area (Å²) in [6.45, 7) is 1.31. The standard InChI is InChI=1S/C13H15N5O2/c14-13(19)17-6-7-20-8-11(17)12-15-9-16-18(12)10-4-2-1-3-5-10/h1-5,9,11H,6-8H2,(H2,14,19). The van der Waals surface area contributed by atoms with Crippen LogP contribution in [0.15, 0.2) is 36.7 Å². The van der Waals surface area contributed by atoms with E-state index in [2.05, 4.69) is 10.1 Å². The molecule has 1 saturated heterocycles. The number of primary amides is 1. The van der Waals surface area contributed by atoms with Crippen molar-refractivity contribution in [2.24, 2.45) is 5.73 Å². The monoisotopic (exact) mass is 273 g/mol. The quantitative estimate of drug-likeness (QED) is 0.873. The molecule has 1 aliphatic heterocycles. The Morgan fingerprint density at radius 3 is 2.90 bits per heavy atom. The van der Waals surface area contributed by atoms with E-state index in [4.69, 9.17) is 10.5 Å². The molecule has 1 aromatic carbocycles. The molecule has 0 bridgehead atoms. The molecule has 1 aliphatic rings. The molecule has 2 aromatic rings. The highest BCUT2D eigenvalue weighted by Crippen LogP contribution is 2.23. The van der Waals surface area contributed by atoms with E-state index in [-0.39, 0.29) is 6.04 Å². The Hall–Kier alpha value is -2.41. The normalized spacial score (nSPS) is 19.0. The van der Waals surface area contributed by atoms with Crippen LogP contribution in [0.1, 0.15) is 11.9 Å². The van der Waals surface area contributed by atoms with Gasteiger partial charge in [-0.25, -0.2) is 14.5 Å². The van der Waals surface area contributed by atoms with Gasteiger partial charge in [0.2, 0.25) is 0 Å². The molecule has 20 heavy (non-hydrogen) atoms. The second-order valence-corrected chi connectivity index (χ2v) is 4.49. The molecule has 1 aromatic heterocycles. The van der Waals surface area contributed by atoms with E-state index in [1.807, 2.05) is 30.3 Å². The van der Waals surface area contributed by atoms with Crippen molar-refractivity contribution >= 4 is 6.03 Å². The zero-order valence-corrected chi connectivity index (χ0v) is 10.8. The van der Waals surface area contributed by atoms with Crippen molar-refractivity contribution in [1.29, 1.82) is 0 Å². The van der Waals surface area contributed by atoms with Crippen LogP contribution in [-0.4, -0.2) is 45.5 Å². The number of morpholine rings is 1. The number of carbonyl (C=O) groups excluding carboxylic acids is 1. The van der Waals surface area contributed by atoms with Crippen LogP contribution in [0.5, 0.6) is 0 Å². The Bertz CT molecular complexity index is 598. The average Bonchev–Trinajstić information content (AvgIpc) is 2.97. The first-order valence-electron chi connectivity index (χ1n) is 6.36. The van der Waals surface area contributed by atoms with Crippen LogP contribution in [0.3, 0.4) is 0 Å². The molecule has 1 fully saturated rings. The van der Waals surface area contributed by atoms with Gasteiger partial charge in [-0.05, 0) is 12.1 Å². The predicted octanol–water partition coefficient (Wildman–Crippen LogP) is 0.719. The van der Waals surface area contributed by atoms with Gasteiger partial charge in [-0.1, -0.05) is 18.2 Å². The third-order valence-corrected chi connectivity index (χ3v) is 3.28. The van der Waals surface area contributed by atoms with Gasteiger partial charge in [0.05, 0.1) is 18.9 Å².